The molecule has 0 saturated carbocycles. The maximum atomic E-state index is 13.0. The van der Waals surface area contributed by atoms with Crippen molar-refractivity contribution in [3.8, 4) is 11.5 Å². The van der Waals surface area contributed by atoms with Crippen molar-refractivity contribution >= 4 is 34.5 Å². The molecule has 0 bridgehead atoms. The van der Waals surface area contributed by atoms with E-state index in [-0.39, 0.29) is 6.79 Å². The monoisotopic (exact) mass is 431 g/mol. The van der Waals surface area contributed by atoms with Gasteiger partial charge in [0.1, 0.15) is 0 Å². The van der Waals surface area contributed by atoms with Crippen LogP contribution in [-0.2, 0) is 20.7 Å². The SMILES string of the molecule is COC(=O)COC(=O)c1c2c(nc3ccccc13)/C(=C\c1ccc3c(c1)OCO3)CCC2. The number of esters is 2. The molecule has 2 aromatic carbocycles. The van der Waals surface area contributed by atoms with Crippen LogP contribution < -0.4 is 9.47 Å². The van der Waals surface area contributed by atoms with E-state index in [1.54, 1.807) is 0 Å². The number of carbonyl (C=O) groups is 2. The first kappa shape index (κ1) is 20.1. The predicted octanol–water partition coefficient (Wildman–Crippen LogP) is 4.17. The van der Waals surface area contributed by atoms with Crippen LogP contribution in [-0.4, -0.2) is 37.4 Å². The Hall–Kier alpha value is -3.87. The molecule has 3 aromatic rings. The van der Waals surface area contributed by atoms with Crippen LogP contribution in [0.4, 0.5) is 0 Å². The molecule has 1 aliphatic carbocycles. The Morgan fingerprint density at radius 3 is 2.81 bits per heavy atom. The van der Waals surface area contributed by atoms with Crippen molar-refractivity contribution in [3.63, 3.8) is 0 Å². The third-order valence-corrected chi connectivity index (χ3v) is 5.66. The summed E-state index contributed by atoms with van der Waals surface area (Å²) in [5, 5.41) is 0.713. The first-order valence-corrected chi connectivity index (χ1v) is 10.4. The zero-order valence-corrected chi connectivity index (χ0v) is 17.6. The highest BCUT2D eigenvalue weighted by Gasteiger charge is 2.26. The molecule has 0 saturated heterocycles. The van der Waals surface area contributed by atoms with Gasteiger partial charge in [-0.15, -0.1) is 0 Å². The lowest BCUT2D eigenvalue weighted by Gasteiger charge is -2.22. The summed E-state index contributed by atoms with van der Waals surface area (Å²) in [6.45, 7) is -0.205. The molecule has 2 heterocycles. The second-order valence-electron chi connectivity index (χ2n) is 7.62. The molecule has 32 heavy (non-hydrogen) atoms. The Labute approximate surface area is 184 Å². The summed E-state index contributed by atoms with van der Waals surface area (Å²) in [5.41, 5.74) is 4.81. The highest BCUT2D eigenvalue weighted by molar-refractivity contribution is 6.07. The van der Waals surface area contributed by atoms with Gasteiger partial charge in [0.15, 0.2) is 18.1 Å². The third-order valence-electron chi connectivity index (χ3n) is 5.66. The molecule has 162 valence electrons. The maximum absolute atomic E-state index is 13.0. The van der Waals surface area contributed by atoms with E-state index in [2.05, 4.69) is 10.8 Å². The minimum Gasteiger partial charge on any atom is -0.466 e. The third kappa shape index (κ3) is 3.66. The fraction of sp³-hybridized carbons (Fsp3) is 0.240. The van der Waals surface area contributed by atoms with E-state index in [0.29, 0.717) is 28.6 Å². The van der Waals surface area contributed by atoms with Crippen molar-refractivity contribution in [2.24, 2.45) is 0 Å². The minimum atomic E-state index is -0.603. The molecule has 0 radical (unpaired) electrons. The van der Waals surface area contributed by atoms with Crippen molar-refractivity contribution in [1.29, 1.82) is 0 Å². The van der Waals surface area contributed by atoms with Gasteiger partial charge in [-0.25, -0.2) is 14.6 Å². The Kier molecular flexibility index (Phi) is 5.23. The van der Waals surface area contributed by atoms with E-state index in [9.17, 15) is 9.59 Å². The normalized spacial score (nSPS) is 15.5. The molecule has 7 heteroatoms. The number of aromatic nitrogens is 1. The second kappa shape index (κ2) is 8.34. The standard InChI is InChI=1S/C25H21NO6/c1-29-22(27)13-30-25(28)23-17-6-2-3-8-19(17)26-24-16(5-4-7-18(23)24)11-15-9-10-20-21(12-15)32-14-31-20/h2-3,6,8-12H,4-5,7,13-14H2,1H3/b16-11-. The van der Waals surface area contributed by atoms with Gasteiger partial charge in [0, 0.05) is 5.39 Å². The number of fused-ring (bicyclic) bond motifs is 3. The Balaban J connectivity index is 1.60. The summed E-state index contributed by atoms with van der Waals surface area (Å²) >= 11 is 0. The van der Waals surface area contributed by atoms with Gasteiger partial charge in [-0.3, -0.25) is 0 Å². The van der Waals surface area contributed by atoms with Gasteiger partial charge in [0.25, 0.3) is 0 Å². The quantitative estimate of drug-likeness (QED) is 0.573. The van der Waals surface area contributed by atoms with Crippen LogP contribution in [0.25, 0.3) is 22.6 Å². The number of hydrogen-bond acceptors (Lipinski definition) is 7. The number of methoxy groups -OCH3 is 1. The second-order valence-corrected chi connectivity index (χ2v) is 7.62. The number of rotatable bonds is 4. The molecule has 0 N–H and O–H groups in total. The van der Waals surface area contributed by atoms with Crippen molar-refractivity contribution < 1.29 is 28.5 Å². The Morgan fingerprint density at radius 2 is 1.94 bits per heavy atom. The number of carbonyl (C=O) groups excluding carboxylic acids is 2. The fourth-order valence-electron chi connectivity index (χ4n) is 4.17. The number of hydrogen-bond donors (Lipinski definition) is 0. The summed E-state index contributed by atoms with van der Waals surface area (Å²) in [6.07, 6.45) is 4.49. The number of ether oxygens (including phenoxy) is 4. The molecule has 2 aliphatic rings. The Bertz CT molecular complexity index is 1260. The lowest BCUT2D eigenvalue weighted by molar-refractivity contribution is -0.144. The molecule has 0 fully saturated rings. The van der Waals surface area contributed by atoms with Gasteiger partial charge in [0.05, 0.1) is 23.9 Å². The lowest BCUT2D eigenvalue weighted by Crippen LogP contribution is -2.19. The number of pyridine rings is 1. The molecule has 5 rings (SSSR count). The zero-order chi connectivity index (χ0) is 22.1. The van der Waals surface area contributed by atoms with E-state index in [4.69, 9.17) is 19.2 Å². The molecule has 1 aliphatic heterocycles. The van der Waals surface area contributed by atoms with Crippen LogP contribution in [0.3, 0.4) is 0 Å². The van der Waals surface area contributed by atoms with Crippen LogP contribution in [0.2, 0.25) is 0 Å². The number of para-hydroxylation sites is 1. The predicted molar refractivity (Wildman–Crippen MR) is 117 cm³/mol. The number of allylic oxidation sites excluding steroid dienone is 1. The van der Waals surface area contributed by atoms with E-state index >= 15 is 0 Å². The van der Waals surface area contributed by atoms with Gasteiger partial charge >= 0.3 is 11.9 Å². The Morgan fingerprint density at radius 1 is 1.09 bits per heavy atom. The number of nitrogens with zero attached hydrogens (tertiary/aromatic N) is 1. The number of benzene rings is 2. The average molecular weight is 431 g/mol. The van der Waals surface area contributed by atoms with Crippen LogP contribution in [0.1, 0.15) is 40.0 Å². The largest absolute Gasteiger partial charge is 0.466 e. The maximum Gasteiger partial charge on any atom is 0.344 e. The van der Waals surface area contributed by atoms with Crippen LogP contribution >= 0.6 is 0 Å². The summed E-state index contributed by atoms with van der Waals surface area (Å²) in [6, 6.07) is 13.3. The van der Waals surface area contributed by atoms with Gasteiger partial charge in [-0.1, -0.05) is 24.3 Å². The van der Waals surface area contributed by atoms with Crippen LogP contribution in [0.15, 0.2) is 42.5 Å². The zero-order valence-electron chi connectivity index (χ0n) is 17.6. The molecular formula is C25H21NO6. The van der Waals surface area contributed by atoms with Crippen molar-refractivity contribution in [2.45, 2.75) is 19.3 Å². The summed E-state index contributed by atoms with van der Waals surface area (Å²) in [7, 11) is 1.26. The molecule has 0 spiro atoms. The van der Waals surface area contributed by atoms with Gasteiger partial charge in [-0.05, 0) is 60.2 Å². The molecule has 0 atom stereocenters. The first-order chi connectivity index (χ1) is 15.6. The van der Waals surface area contributed by atoms with Crippen LogP contribution in [0.5, 0.6) is 11.5 Å². The average Bonchev–Trinajstić information content (AvgIpc) is 3.29. The highest BCUT2D eigenvalue weighted by atomic mass is 16.7. The van der Waals surface area contributed by atoms with Crippen LogP contribution in [0, 0.1) is 0 Å². The highest BCUT2D eigenvalue weighted by Crippen LogP contribution is 2.38. The van der Waals surface area contributed by atoms with E-state index < -0.39 is 18.5 Å². The van der Waals surface area contributed by atoms with E-state index in [1.165, 1.54) is 7.11 Å². The van der Waals surface area contributed by atoms with Crippen molar-refractivity contribution in [2.75, 3.05) is 20.5 Å². The minimum absolute atomic E-state index is 0.225. The lowest BCUT2D eigenvalue weighted by atomic mass is 9.86. The molecule has 1 aromatic heterocycles. The smallest absolute Gasteiger partial charge is 0.344 e. The van der Waals surface area contributed by atoms with Gasteiger partial charge in [0.2, 0.25) is 6.79 Å². The first-order valence-electron chi connectivity index (χ1n) is 10.4. The molecule has 7 nitrogen and oxygen atoms in total. The van der Waals surface area contributed by atoms with E-state index in [0.717, 1.165) is 41.0 Å². The topological polar surface area (TPSA) is 84.0 Å². The molecule has 0 amide bonds. The van der Waals surface area contributed by atoms with Crippen molar-refractivity contribution in [3.05, 3.63) is 64.8 Å². The van der Waals surface area contributed by atoms with Crippen molar-refractivity contribution in [1.82, 2.24) is 4.98 Å². The summed E-state index contributed by atoms with van der Waals surface area (Å²) < 4.78 is 20.8. The fourth-order valence-corrected chi connectivity index (χ4v) is 4.17. The summed E-state index contributed by atoms with van der Waals surface area (Å²) in [4.78, 5) is 29.4. The van der Waals surface area contributed by atoms with E-state index in [1.807, 2.05) is 42.5 Å². The molecule has 0 unspecified atom stereocenters. The van der Waals surface area contributed by atoms with Gasteiger partial charge in [-0.2, -0.15) is 0 Å². The summed E-state index contributed by atoms with van der Waals surface area (Å²) in [5.74, 6) is 0.299. The van der Waals surface area contributed by atoms with Gasteiger partial charge < -0.3 is 18.9 Å². The molecular weight excluding hydrogens is 410 g/mol.